The monoisotopic (exact) mass is 295 g/mol. The Balaban J connectivity index is 1.96. The lowest BCUT2D eigenvalue weighted by Gasteiger charge is -2.33. The van der Waals surface area contributed by atoms with Crippen molar-refractivity contribution in [2.75, 3.05) is 32.7 Å². The zero-order valence-electron chi connectivity index (χ0n) is 12.6. The van der Waals surface area contributed by atoms with Crippen LogP contribution in [0.2, 0.25) is 0 Å². The maximum atomic E-state index is 12.3. The van der Waals surface area contributed by atoms with Crippen molar-refractivity contribution in [1.29, 1.82) is 0 Å². The topological polar surface area (TPSA) is 102 Å². The molecule has 1 aliphatic heterocycles. The first kappa shape index (κ1) is 15.4. The average Bonchev–Trinajstić information content (AvgIpc) is 2.87. The summed E-state index contributed by atoms with van der Waals surface area (Å²) in [6.45, 7) is 8.07. The fourth-order valence-electron chi connectivity index (χ4n) is 2.13. The quantitative estimate of drug-likeness (QED) is 0.810. The Morgan fingerprint density at radius 1 is 1.24 bits per heavy atom. The summed E-state index contributed by atoms with van der Waals surface area (Å²) in [4.78, 5) is 30.7. The first-order valence-electron chi connectivity index (χ1n) is 6.93. The fourth-order valence-corrected chi connectivity index (χ4v) is 2.13. The summed E-state index contributed by atoms with van der Waals surface area (Å²) in [7, 11) is 0. The molecule has 0 aliphatic carbocycles. The van der Waals surface area contributed by atoms with Gasteiger partial charge in [0, 0.05) is 31.6 Å². The van der Waals surface area contributed by atoms with E-state index in [2.05, 4.69) is 15.2 Å². The van der Waals surface area contributed by atoms with Gasteiger partial charge in [-0.1, -0.05) is 20.8 Å². The molecule has 0 atom stereocenters. The maximum Gasteiger partial charge on any atom is 0.317 e. The van der Waals surface area contributed by atoms with Gasteiger partial charge in [0.25, 0.3) is 5.91 Å². The molecule has 116 valence electrons. The van der Waals surface area contributed by atoms with E-state index < -0.39 is 5.97 Å². The van der Waals surface area contributed by atoms with Crippen LogP contribution in [0.4, 0.5) is 0 Å². The number of piperazine rings is 1. The number of carbonyl (C=O) groups is 2. The van der Waals surface area contributed by atoms with E-state index in [0.29, 0.717) is 32.0 Å². The molecule has 1 aromatic heterocycles. The van der Waals surface area contributed by atoms with Crippen molar-refractivity contribution in [3.8, 4) is 0 Å². The van der Waals surface area contributed by atoms with E-state index in [1.165, 1.54) is 0 Å². The van der Waals surface area contributed by atoms with Gasteiger partial charge in [0.15, 0.2) is 0 Å². The van der Waals surface area contributed by atoms with Gasteiger partial charge in [-0.3, -0.25) is 19.6 Å². The highest BCUT2D eigenvalue weighted by molar-refractivity contribution is 5.90. The van der Waals surface area contributed by atoms with Gasteiger partial charge in [-0.25, -0.2) is 4.98 Å². The highest BCUT2D eigenvalue weighted by Gasteiger charge is 2.27. The summed E-state index contributed by atoms with van der Waals surface area (Å²) in [5, 5.41) is 15.5. The molecule has 1 aromatic rings. The fraction of sp³-hybridized carbons (Fsp3) is 0.692. The van der Waals surface area contributed by atoms with Gasteiger partial charge in [-0.15, -0.1) is 5.10 Å². The molecule has 1 aliphatic rings. The van der Waals surface area contributed by atoms with Gasteiger partial charge >= 0.3 is 5.97 Å². The molecule has 0 spiro atoms. The molecule has 2 heterocycles. The van der Waals surface area contributed by atoms with Crippen LogP contribution in [0.3, 0.4) is 0 Å². The third-order valence-corrected chi connectivity index (χ3v) is 3.41. The Kier molecular flexibility index (Phi) is 4.26. The van der Waals surface area contributed by atoms with E-state index in [-0.39, 0.29) is 23.7 Å². The number of carbonyl (C=O) groups excluding carboxylic acids is 1. The molecule has 1 amide bonds. The van der Waals surface area contributed by atoms with E-state index in [9.17, 15) is 9.59 Å². The Morgan fingerprint density at radius 3 is 2.33 bits per heavy atom. The zero-order valence-corrected chi connectivity index (χ0v) is 12.6. The van der Waals surface area contributed by atoms with Crippen LogP contribution >= 0.6 is 0 Å². The van der Waals surface area contributed by atoms with Crippen molar-refractivity contribution in [1.82, 2.24) is 25.0 Å². The number of aromatic nitrogens is 3. The van der Waals surface area contributed by atoms with Crippen LogP contribution in [0.1, 0.15) is 37.2 Å². The highest BCUT2D eigenvalue weighted by Crippen LogP contribution is 2.17. The number of H-pyrrole nitrogens is 1. The Hall–Kier alpha value is -1.96. The van der Waals surface area contributed by atoms with Gasteiger partial charge in [-0.05, 0) is 0 Å². The molecule has 1 fully saturated rings. The van der Waals surface area contributed by atoms with Gasteiger partial charge in [0.1, 0.15) is 5.82 Å². The zero-order chi connectivity index (χ0) is 15.6. The molecule has 8 heteroatoms. The van der Waals surface area contributed by atoms with Crippen LogP contribution in [0, 0.1) is 0 Å². The molecule has 8 nitrogen and oxygen atoms in total. The molecule has 0 radical (unpaired) electrons. The van der Waals surface area contributed by atoms with Crippen LogP contribution < -0.4 is 0 Å². The van der Waals surface area contributed by atoms with Crippen molar-refractivity contribution in [3.63, 3.8) is 0 Å². The van der Waals surface area contributed by atoms with Crippen LogP contribution in [-0.4, -0.2) is 74.7 Å². The van der Waals surface area contributed by atoms with Gasteiger partial charge in [0.05, 0.1) is 6.54 Å². The summed E-state index contributed by atoms with van der Waals surface area (Å²) in [6.07, 6.45) is 0. The van der Waals surface area contributed by atoms with E-state index >= 15 is 0 Å². The number of nitrogens with zero attached hydrogens (tertiary/aromatic N) is 4. The molecule has 0 unspecified atom stereocenters. The highest BCUT2D eigenvalue weighted by atomic mass is 16.4. The van der Waals surface area contributed by atoms with E-state index in [0.717, 1.165) is 0 Å². The molecular weight excluding hydrogens is 274 g/mol. The minimum atomic E-state index is -0.849. The summed E-state index contributed by atoms with van der Waals surface area (Å²) >= 11 is 0. The molecule has 1 saturated heterocycles. The molecule has 0 saturated carbocycles. The Bertz CT molecular complexity index is 526. The van der Waals surface area contributed by atoms with Gasteiger partial charge in [0.2, 0.25) is 5.82 Å². The minimum Gasteiger partial charge on any atom is -0.480 e. The van der Waals surface area contributed by atoms with E-state index in [1.54, 1.807) is 4.90 Å². The van der Waals surface area contributed by atoms with Crippen LogP contribution in [0.25, 0.3) is 0 Å². The van der Waals surface area contributed by atoms with Crippen molar-refractivity contribution < 1.29 is 14.7 Å². The van der Waals surface area contributed by atoms with Crippen molar-refractivity contribution in [2.45, 2.75) is 26.2 Å². The first-order chi connectivity index (χ1) is 9.77. The van der Waals surface area contributed by atoms with Crippen molar-refractivity contribution in [2.24, 2.45) is 0 Å². The van der Waals surface area contributed by atoms with E-state index in [1.807, 2.05) is 25.7 Å². The molecule has 21 heavy (non-hydrogen) atoms. The number of nitrogens with one attached hydrogen (secondary N) is 1. The summed E-state index contributed by atoms with van der Waals surface area (Å²) in [6, 6.07) is 0. The van der Waals surface area contributed by atoms with Crippen molar-refractivity contribution >= 4 is 11.9 Å². The second kappa shape index (κ2) is 5.80. The smallest absolute Gasteiger partial charge is 0.317 e. The molecule has 0 aromatic carbocycles. The lowest BCUT2D eigenvalue weighted by atomic mass is 9.96. The van der Waals surface area contributed by atoms with Crippen LogP contribution in [0.15, 0.2) is 0 Å². The predicted octanol–water partition coefficient (Wildman–Crippen LogP) is -0.0554. The predicted molar refractivity (Wildman–Crippen MR) is 75.1 cm³/mol. The number of carboxylic acid groups (broad SMARTS) is 1. The summed E-state index contributed by atoms with van der Waals surface area (Å²) in [5.74, 6) is -0.211. The second-order valence-electron chi connectivity index (χ2n) is 6.22. The average molecular weight is 295 g/mol. The Labute approximate surface area is 123 Å². The Morgan fingerprint density at radius 2 is 1.86 bits per heavy atom. The molecule has 0 bridgehead atoms. The first-order valence-corrected chi connectivity index (χ1v) is 6.93. The van der Waals surface area contributed by atoms with Gasteiger partial charge < -0.3 is 10.0 Å². The number of carboxylic acids is 1. The van der Waals surface area contributed by atoms with Gasteiger partial charge in [-0.2, -0.15) is 0 Å². The third-order valence-electron chi connectivity index (χ3n) is 3.41. The number of rotatable bonds is 3. The normalized spacial score (nSPS) is 17.0. The number of aliphatic carboxylic acids is 1. The lowest BCUT2D eigenvalue weighted by Crippen LogP contribution is -2.50. The minimum absolute atomic E-state index is 0.0108. The molecule has 2 rings (SSSR count). The summed E-state index contributed by atoms with van der Waals surface area (Å²) in [5.41, 5.74) is -0.189. The van der Waals surface area contributed by atoms with E-state index in [4.69, 9.17) is 5.11 Å². The number of aromatic amines is 1. The maximum absolute atomic E-state index is 12.3. The standard InChI is InChI=1S/C13H21N5O3/c1-13(2,3)12-14-10(15-16-12)11(21)18-6-4-17(5-7-18)8-9(19)20/h4-8H2,1-3H3,(H,19,20)(H,14,15,16). The van der Waals surface area contributed by atoms with Crippen LogP contribution in [0.5, 0.6) is 0 Å². The number of hydrogen-bond donors (Lipinski definition) is 2. The number of amides is 1. The SMILES string of the molecule is CC(C)(C)c1nc(C(=O)N2CCN(CC(=O)O)CC2)n[nH]1. The summed E-state index contributed by atoms with van der Waals surface area (Å²) < 4.78 is 0. The second-order valence-corrected chi connectivity index (χ2v) is 6.22. The lowest BCUT2D eigenvalue weighted by molar-refractivity contribution is -0.138. The molecular formula is C13H21N5O3. The third kappa shape index (κ3) is 3.78. The number of hydrogen-bond acceptors (Lipinski definition) is 5. The van der Waals surface area contributed by atoms with Crippen LogP contribution in [-0.2, 0) is 10.2 Å². The molecule has 2 N–H and O–H groups in total. The van der Waals surface area contributed by atoms with Crippen molar-refractivity contribution in [3.05, 3.63) is 11.6 Å². The largest absolute Gasteiger partial charge is 0.480 e.